The lowest BCUT2D eigenvalue weighted by Gasteiger charge is -2.10. The van der Waals surface area contributed by atoms with Crippen LogP contribution in [0.1, 0.15) is 60.5 Å². The van der Waals surface area contributed by atoms with E-state index in [-0.39, 0.29) is 12.1 Å². The van der Waals surface area contributed by atoms with Crippen LogP contribution in [0.5, 0.6) is 0 Å². The highest BCUT2D eigenvalue weighted by Crippen LogP contribution is 2.26. The summed E-state index contributed by atoms with van der Waals surface area (Å²) in [5.74, 6) is -0.136. The maximum atomic E-state index is 11.8. The molecule has 2 aromatic carbocycles. The molecule has 0 saturated carbocycles. The topological polar surface area (TPSA) is 93.5 Å². The molecular formula is C26H30ClN3O4. The van der Waals surface area contributed by atoms with Crippen molar-refractivity contribution in [3.63, 3.8) is 0 Å². The molecule has 1 heterocycles. The van der Waals surface area contributed by atoms with Gasteiger partial charge in [-0.2, -0.15) is 0 Å². The summed E-state index contributed by atoms with van der Waals surface area (Å²) >= 11 is 6.62. The zero-order chi connectivity index (χ0) is 24.5. The second-order valence-electron chi connectivity index (χ2n) is 7.98. The molecular weight excluding hydrogens is 454 g/mol. The SMILES string of the molecule is CCCCn1c(Cc2ccc(-c3ccccc3C(=O)O)cc2)nc(CNC(=O)OCCC)c1Cl. The van der Waals surface area contributed by atoms with Crippen LogP contribution in [0.2, 0.25) is 5.15 Å². The van der Waals surface area contributed by atoms with Crippen molar-refractivity contribution in [3.05, 3.63) is 76.3 Å². The maximum absolute atomic E-state index is 11.8. The largest absolute Gasteiger partial charge is 0.478 e. The van der Waals surface area contributed by atoms with Gasteiger partial charge in [0.05, 0.1) is 24.4 Å². The number of benzene rings is 2. The Bertz CT molecular complexity index is 1130. The van der Waals surface area contributed by atoms with E-state index in [9.17, 15) is 14.7 Å². The van der Waals surface area contributed by atoms with Crippen molar-refractivity contribution in [2.75, 3.05) is 6.61 Å². The van der Waals surface area contributed by atoms with E-state index in [1.165, 1.54) is 0 Å². The molecule has 2 N–H and O–H groups in total. The Kier molecular flexibility index (Phi) is 9.10. The van der Waals surface area contributed by atoms with E-state index in [0.29, 0.717) is 29.4 Å². The minimum atomic E-state index is -0.952. The molecule has 180 valence electrons. The van der Waals surface area contributed by atoms with Gasteiger partial charge in [0, 0.05) is 13.0 Å². The Morgan fingerprint density at radius 3 is 2.50 bits per heavy atom. The lowest BCUT2D eigenvalue weighted by atomic mass is 9.98. The first-order valence-corrected chi connectivity index (χ1v) is 11.9. The number of unbranched alkanes of at least 4 members (excludes halogenated alkanes) is 1. The van der Waals surface area contributed by atoms with E-state index in [4.69, 9.17) is 21.3 Å². The predicted octanol–water partition coefficient (Wildman–Crippen LogP) is 5.93. The van der Waals surface area contributed by atoms with Crippen molar-refractivity contribution >= 4 is 23.7 Å². The molecule has 0 atom stereocenters. The number of carboxylic acids is 1. The molecule has 3 rings (SSSR count). The number of nitrogens with one attached hydrogen (secondary N) is 1. The van der Waals surface area contributed by atoms with E-state index < -0.39 is 12.1 Å². The van der Waals surface area contributed by atoms with Crippen molar-refractivity contribution < 1.29 is 19.4 Å². The Morgan fingerprint density at radius 1 is 1.09 bits per heavy atom. The van der Waals surface area contributed by atoms with Gasteiger partial charge in [0.15, 0.2) is 0 Å². The van der Waals surface area contributed by atoms with E-state index in [2.05, 4.69) is 12.2 Å². The molecule has 0 unspecified atom stereocenters. The fraction of sp³-hybridized carbons (Fsp3) is 0.346. The normalized spacial score (nSPS) is 10.8. The highest BCUT2D eigenvalue weighted by Gasteiger charge is 2.17. The third-order valence-electron chi connectivity index (χ3n) is 5.41. The van der Waals surface area contributed by atoms with Gasteiger partial charge in [-0.05, 0) is 35.6 Å². The second-order valence-corrected chi connectivity index (χ2v) is 8.34. The van der Waals surface area contributed by atoms with Crippen LogP contribution >= 0.6 is 11.6 Å². The molecule has 0 radical (unpaired) electrons. The van der Waals surface area contributed by atoms with Crippen molar-refractivity contribution in [2.45, 2.75) is 52.6 Å². The Labute approximate surface area is 204 Å². The van der Waals surface area contributed by atoms with Gasteiger partial charge < -0.3 is 19.7 Å². The van der Waals surface area contributed by atoms with E-state index in [1.807, 2.05) is 41.8 Å². The van der Waals surface area contributed by atoms with Gasteiger partial charge in [0.25, 0.3) is 0 Å². The number of nitrogens with zero attached hydrogens (tertiary/aromatic N) is 2. The second kappa shape index (κ2) is 12.2. The molecule has 1 amide bonds. The predicted molar refractivity (Wildman–Crippen MR) is 132 cm³/mol. The summed E-state index contributed by atoms with van der Waals surface area (Å²) in [7, 11) is 0. The molecule has 0 bridgehead atoms. The van der Waals surface area contributed by atoms with Gasteiger partial charge in [-0.25, -0.2) is 14.6 Å². The van der Waals surface area contributed by atoms with Crippen LogP contribution in [0.25, 0.3) is 11.1 Å². The molecule has 34 heavy (non-hydrogen) atoms. The minimum Gasteiger partial charge on any atom is -0.478 e. The first-order valence-electron chi connectivity index (χ1n) is 11.5. The number of carbonyl (C=O) groups is 2. The van der Waals surface area contributed by atoms with Crippen LogP contribution in [-0.2, 0) is 24.2 Å². The van der Waals surface area contributed by atoms with Crippen LogP contribution in [0.3, 0.4) is 0 Å². The molecule has 8 heteroatoms. The summed E-state index contributed by atoms with van der Waals surface area (Å²) in [6.07, 6.45) is 2.80. The highest BCUT2D eigenvalue weighted by molar-refractivity contribution is 6.30. The number of hydrogen-bond donors (Lipinski definition) is 2. The number of ether oxygens (including phenoxy) is 1. The molecule has 7 nitrogen and oxygen atoms in total. The van der Waals surface area contributed by atoms with Gasteiger partial charge >= 0.3 is 12.1 Å². The third-order valence-corrected chi connectivity index (χ3v) is 5.83. The van der Waals surface area contributed by atoms with Gasteiger partial charge in [-0.15, -0.1) is 0 Å². The van der Waals surface area contributed by atoms with Gasteiger partial charge in [-0.3, -0.25) is 0 Å². The molecule has 0 aliphatic heterocycles. The molecule has 0 aliphatic carbocycles. The van der Waals surface area contributed by atoms with Crippen LogP contribution < -0.4 is 5.32 Å². The number of carboxylic acid groups (broad SMARTS) is 1. The molecule has 3 aromatic rings. The standard InChI is InChI=1S/C26H30ClN3O4/c1-3-5-14-30-23(29-22(24(30)27)17-28-26(33)34-15-4-2)16-18-10-12-19(13-11-18)20-8-6-7-9-21(20)25(31)32/h6-13H,3-5,14-17H2,1-2H3,(H,28,33)(H,31,32). The van der Waals surface area contributed by atoms with E-state index in [0.717, 1.165) is 42.8 Å². The summed E-state index contributed by atoms with van der Waals surface area (Å²) in [5, 5.41) is 12.7. The number of imidazole rings is 1. The third kappa shape index (κ3) is 6.38. The number of aromatic nitrogens is 2. The average Bonchev–Trinajstić information content (AvgIpc) is 3.14. The zero-order valence-corrected chi connectivity index (χ0v) is 20.3. The van der Waals surface area contributed by atoms with Crippen molar-refractivity contribution in [2.24, 2.45) is 0 Å². The Morgan fingerprint density at radius 2 is 1.82 bits per heavy atom. The molecule has 0 aliphatic rings. The molecule has 0 saturated heterocycles. The van der Waals surface area contributed by atoms with Gasteiger partial charge in [-0.1, -0.05) is 74.3 Å². The number of alkyl carbamates (subject to hydrolysis) is 1. The number of carbonyl (C=O) groups excluding carboxylic acids is 1. The van der Waals surface area contributed by atoms with Crippen LogP contribution in [0, 0.1) is 0 Å². The van der Waals surface area contributed by atoms with Crippen molar-refractivity contribution in [1.29, 1.82) is 0 Å². The van der Waals surface area contributed by atoms with E-state index >= 15 is 0 Å². The van der Waals surface area contributed by atoms with Gasteiger partial charge in [0.2, 0.25) is 0 Å². The summed E-state index contributed by atoms with van der Waals surface area (Å²) in [6.45, 7) is 5.34. The van der Waals surface area contributed by atoms with Crippen molar-refractivity contribution in [1.82, 2.24) is 14.9 Å². The number of hydrogen-bond acceptors (Lipinski definition) is 4. The van der Waals surface area contributed by atoms with Crippen molar-refractivity contribution in [3.8, 4) is 11.1 Å². The van der Waals surface area contributed by atoms with Crippen LogP contribution in [0.4, 0.5) is 4.79 Å². The fourth-order valence-corrected chi connectivity index (χ4v) is 3.92. The lowest BCUT2D eigenvalue weighted by Crippen LogP contribution is -2.24. The van der Waals surface area contributed by atoms with Crippen LogP contribution in [0.15, 0.2) is 48.5 Å². The molecule has 0 spiro atoms. The quantitative estimate of drug-likeness (QED) is 0.352. The monoisotopic (exact) mass is 483 g/mol. The number of amides is 1. The number of halogens is 1. The lowest BCUT2D eigenvalue weighted by molar-refractivity contribution is 0.0697. The highest BCUT2D eigenvalue weighted by atomic mass is 35.5. The maximum Gasteiger partial charge on any atom is 0.407 e. The Balaban J connectivity index is 1.80. The van der Waals surface area contributed by atoms with Crippen LogP contribution in [-0.4, -0.2) is 33.3 Å². The smallest absolute Gasteiger partial charge is 0.407 e. The molecule has 0 fully saturated rings. The fourth-order valence-electron chi connectivity index (χ4n) is 3.63. The number of aromatic carboxylic acids is 1. The minimum absolute atomic E-state index is 0.193. The summed E-state index contributed by atoms with van der Waals surface area (Å²) in [6, 6.07) is 14.7. The average molecular weight is 484 g/mol. The zero-order valence-electron chi connectivity index (χ0n) is 19.5. The van der Waals surface area contributed by atoms with E-state index in [1.54, 1.807) is 18.2 Å². The Hall–Kier alpha value is -3.32. The first-order chi connectivity index (χ1) is 16.4. The first kappa shape index (κ1) is 25.3. The number of rotatable bonds is 11. The summed E-state index contributed by atoms with van der Waals surface area (Å²) < 4.78 is 7.05. The molecule has 1 aromatic heterocycles. The summed E-state index contributed by atoms with van der Waals surface area (Å²) in [5.41, 5.74) is 3.42. The van der Waals surface area contributed by atoms with Gasteiger partial charge in [0.1, 0.15) is 11.0 Å². The summed E-state index contributed by atoms with van der Waals surface area (Å²) in [4.78, 5) is 28.1.